The van der Waals surface area contributed by atoms with E-state index in [1.807, 2.05) is 0 Å². The summed E-state index contributed by atoms with van der Waals surface area (Å²) in [7, 11) is 0. The van der Waals surface area contributed by atoms with Gasteiger partial charge >= 0.3 is 0 Å². The maximum atomic E-state index is 5.93. The highest BCUT2D eigenvalue weighted by Gasteiger charge is 2.28. The molecule has 0 N–H and O–H groups in total. The lowest BCUT2D eigenvalue weighted by Crippen LogP contribution is -2.21. The Bertz CT molecular complexity index is 274. The van der Waals surface area contributed by atoms with Crippen LogP contribution in [0.15, 0.2) is 24.3 Å². The molecule has 1 saturated carbocycles. The van der Waals surface area contributed by atoms with E-state index in [2.05, 4.69) is 31.2 Å². The molecule has 0 aromatic heterocycles. The third-order valence-corrected chi connectivity index (χ3v) is 2.95. The summed E-state index contributed by atoms with van der Waals surface area (Å²) in [5, 5.41) is 0.426. The summed E-state index contributed by atoms with van der Waals surface area (Å²) >= 11 is 5.93. The number of halogens is 1. The Labute approximate surface area is 78.6 Å². The van der Waals surface area contributed by atoms with Gasteiger partial charge in [0.2, 0.25) is 0 Å². The molecule has 1 aliphatic rings. The normalized spacial score (nSPS) is 28.2. The van der Waals surface area contributed by atoms with Crippen molar-refractivity contribution in [2.75, 3.05) is 0 Å². The van der Waals surface area contributed by atoms with Crippen LogP contribution < -0.4 is 0 Å². The highest BCUT2D eigenvalue weighted by atomic mass is 35.5. The molecule has 1 aromatic rings. The van der Waals surface area contributed by atoms with E-state index in [1.54, 1.807) is 0 Å². The van der Waals surface area contributed by atoms with Crippen molar-refractivity contribution < 1.29 is 0 Å². The average Bonchev–Trinajstić information content (AvgIpc) is 1.99. The topological polar surface area (TPSA) is 0 Å². The molecule has 1 aromatic carbocycles. The lowest BCUT2D eigenvalue weighted by atomic mass is 9.79. The maximum Gasteiger partial charge on any atom is 0.0347 e. The van der Waals surface area contributed by atoms with Crippen LogP contribution in [0, 0.1) is 6.92 Å². The van der Waals surface area contributed by atoms with Crippen molar-refractivity contribution in [2.45, 2.75) is 31.1 Å². The number of hydrogen-bond acceptors (Lipinski definition) is 0. The van der Waals surface area contributed by atoms with E-state index in [1.165, 1.54) is 11.1 Å². The highest BCUT2D eigenvalue weighted by molar-refractivity contribution is 6.21. The van der Waals surface area contributed by atoms with E-state index >= 15 is 0 Å². The summed E-state index contributed by atoms with van der Waals surface area (Å²) in [5.74, 6) is 0.729. The summed E-state index contributed by atoms with van der Waals surface area (Å²) in [5.41, 5.74) is 2.82. The number of aryl methyl sites for hydroxylation is 1. The zero-order chi connectivity index (χ0) is 8.55. The fourth-order valence-corrected chi connectivity index (χ4v) is 2.17. The molecule has 0 radical (unpaired) electrons. The van der Waals surface area contributed by atoms with Crippen molar-refractivity contribution >= 4 is 11.6 Å². The van der Waals surface area contributed by atoms with Crippen molar-refractivity contribution in [3.05, 3.63) is 35.4 Å². The predicted molar refractivity (Wildman–Crippen MR) is 52.8 cm³/mol. The van der Waals surface area contributed by atoms with Gasteiger partial charge in [-0.15, -0.1) is 11.6 Å². The minimum absolute atomic E-state index is 0.426. The molecule has 2 rings (SSSR count). The number of benzene rings is 1. The molecule has 64 valence electrons. The van der Waals surface area contributed by atoms with Crippen LogP contribution in [0.5, 0.6) is 0 Å². The molecular weight excluding hydrogens is 168 g/mol. The first kappa shape index (κ1) is 8.12. The second kappa shape index (κ2) is 3.10. The second-order valence-corrected chi connectivity index (χ2v) is 4.30. The zero-order valence-electron chi connectivity index (χ0n) is 7.26. The van der Waals surface area contributed by atoms with E-state index in [0.29, 0.717) is 5.38 Å². The minimum Gasteiger partial charge on any atom is -0.123 e. The standard InChI is InChI=1S/C11H13Cl/c1-8-3-2-4-9(5-8)10-6-11(12)7-10/h2-5,10-11H,6-7H2,1H3. The van der Waals surface area contributed by atoms with Gasteiger partial charge in [-0.3, -0.25) is 0 Å². The van der Waals surface area contributed by atoms with Gasteiger partial charge in [0.1, 0.15) is 0 Å². The molecule has 0 bridgehead atoms. The molecule has 1 heteroatoms. The van der Waals surface area contributed by atoms with Crippen LogP contribution in [-0.2, 0) is 0 Å². The van der Waals surface area contributed by atoms with Crippen molar-refractivity contribution in [3.63, 3.8) is 0 Å². The van der Waals surface area contributed by atoms with Gasteiger partial charge in [0.15, 0.2) is 0 Å². The smallest absolute Gasteiger partial charge is 0.0347 e. The quantitative estimate of drug-likeness (QED) is 0.581. The molecule has 0 saturated heterocycles. The molecule has 0 amide bonds. The van der Waals surface area contributed by atoms with Gasteiger partial charge in [0, 0.05) is 5.38 Å². The van der Waals surface area contributed by atoms with Crippen molar-refractivity contribution in [1.29, 1.82) is 0 Å². The Morgan fingerprint density at radius 2 is 2.08 bits per heavy atom. The lowest BCUT2D eigenvalue weighted by molar-refractivity contribution is 0.428. The Kier molecular flexibility index (Phi) is 2.10. The third-order valence-electron chi connectivity index (χ3n) is 2.59. The minimum atomic E-state index is 0.426. The molecule has 0 atom stereocenters. The van der Waals surface area contributed by atoms with Gasteiger partial charge in [-0.1, -0.05) is 29.8 Å². The summed E-state index contributed by atoms with van der Waals surface area (Å²) < 4.78 is 0. The average molecular weight is 181 g/mol. The molecule has 0 unspecified atom stereocenters. The molecule has 1 fully saturated rings. The molecule has 0 heterocycles. The van der Waals surface area contributed by atoms with Gasteiger partial charge in [0.25, 0.3) is 0 Å². The molecule has 1 aliphatic carbocycles. The highest BCUT2D eigenvalue weighted by Crippen LogP contribution is 2.39. The van der Waals surface area contributed by atoms with Crippen LogP contribution in [0.25, 0.3) is 0 Å². The lowest BCUT2D eigenvalue weighted by Gasteiger charge is -2.31. The maximum absolute atomic E-state index is 5.93. The Morgan fingerprint density at radius 3 is 2.67 bits per heavy atom. The second-order valence-electron chi connectivity index (χ2n) is 3.68. The van der Waals surface area contributed by atoms with Crippen LogP contribution in [0.2, 0.25) is 0 Å². The summed E-state index contributed by atoms with van der Waals surface area (Å²) in [6.45, 7) is 2.14. The Morgan fingerprint density at radius 1 is 1.33 bits per heavy atom. The van der Waals surface area contributed by atoms with Gasteiger partial charge < -0.3 is 0 Å². The van der Waals surface area contributed by atoms with Crippen LogP contribution in [0.1, 0.15) is 29.9 Å². The largest absolute Gasteiger partial charge is 0.123 e. The van der Waals surface area contributed by atoms with Gasteiger partial charge in [-0.25, -0.2) is 0 Å². The SMILES string of the molecule is Cc1cccc(C2CC(Cl)C2)c1. The molecule has 0 spiro atoms. The summed E-state index contributed by atoms with van der Waals surface area (Å²) in [4.78, 5) is 0. The molecule has 12 heavy (non-hydrogen) atoms. The fourth-order valence-electron chi connectivity index (χ4n) is 1.74. The monoisotopic (exact) mass is 180 g/mol. The first-order chi connectivity index (χ1) is 5.75. The van der Waals surface area contributed by atoms with Crippen LogP contribution in [-0.4, -0.2) is 5.38 Å². The van der Waals surface area contributed by atoms with E-state index in [9.17, 15) is 0 Å². The Hall–Kier alpha value is -0.490. The van der Waals surface area contributed by atoms with Crippen LogP contribution in [0.3, 0.4) is 0 Å². The Balaban J connectivity index is 2.13. The van der Waals surface area contributed by atoms with Gasteiger partial charge in [0.05, 0.1) is 0 Å². The van der Waals surface area contributed by atoms with Crippen molar-refractivity contribution in [2.24, 2.45) is 0 Å². The number of rotatable bonds is 1. The van der Waals surface area contributed by atoms with E-state index in [4.69, 9.17) is 11.6 Å². The molecule has 0 aliphatic heterocycles. The first-order valence-corrected chi connectivity index (χ1v) is 4.90. The summed E-state index contributed by atoms with van der Waals surface area (Å²) in [6, 6.07) is 8.75. The molecule has 0 nitrogen and oxygen atoms in total. The fraction of sp³-hybridized carbons (Fsp3) is 0.455. The van der Waals surface area contributed by atoms with Gasteiger partial charge in [-0.2, -0.15) is 0 Å². The first-order valence-electron chi connectivity index (χ1n) is 4.46. The van der Waals surface area contributed by atoms with E-state index in [0.717, 1.165) is 18.8 Å². The van der Waals surface area contributed by atoms with Crippen LogP contribution in [0.4, 0.5) is 0 Å². The molecular formula is C11H13Cl. The van der Waals surface area contributed by atoms with E-state index < -0.39 is 0 Å². The van der Waals surface area contributed by atoms with Gasteiger partial charge in [-0.05, 0) is 31.2 Å². The zero-order valence-corrected chi connectivity index (χ0v) is 8.01. The van der Waals surface area contributed by atoms with Crippen LogP contribution >= 0.6 is 11.6 Å². The number of hydrogen-bond donors (Lipinski definition) is 0. The van der Waals surface area contributed by atoms with Crippen molar-refractivity contribution in [3.8, 4) is 0 Å². The van der Waals surface area contributed by atoms with E-state index in [-0.39, 0.29) is 0 Å². The van der Waals surface area contributed by atoms with Crippen molar-refractivity contribution in [1.82, 2.24) is 0 Å². The number of alkyl halides is 1. The summed E-state index contributed by atoms with van der Waals surface area (Å²) in [6.07, 6.45) is 2.32. The predicted octanol–water partition coefficient (Wildman–Crippen LogP) is 3.48. The third kappa shape index (κ3) is 1.49.